The zero-order valence-corrected chi connectivity index (χ0v) is 8.00. The molecule has 1 aliphatic heterocycles. The lowest BCUT2D eigenvalue weighted by atomic mass is 10.1. The molecular formula is C10H20N2. The summed E-state index contributed by atoms with van der Waals surface area (Å²) in [5.74, 6) is 1.81. The standard InChI is InChI=1S/C10H20N2/c1-8-4-10(5-11)7-12(8)6-9-2-3-9/h8-10H,2-7,11H2,1H3. The van der Waals surface area contributed by atoms with Gasteiger partial charge >= 0.3 is 0 Å². The van der Waals surface area contributed by atoms with Gasteiger partial charge in [0, 0.05) is 19.1 Å². The summed E-state index contributed by atoms with van der Waals surface area (Å²) in [5, 5.41) is 0. The van der Waals surface area contributed by atoms with Crippen LogP contribution in [0.1, 0.15) is 26.2 Å². The Kier molecular flexibility index (Phi) is 2.37. The highest BCUT2D eigenvalue weighted by Gasteiger charge is 2.32. The molecule has 2 heteroatoms. The van der Waals surface area contributed by atoms with E-state index in [0.29, 0.717) is 0 Å². The van der Waals surface area contributed by atoms with Crippen molar-refractivity contribution < 1.29 is 0 Å². The van der Waals surface area contributed by atoms with Crippen molar-refractivity contribution in [3.63, 3.8) is 0 Å². The van der Waals surface area contributed by atoms with Crippen molar-refractivity contribution in [3.8, 4) is 0 Å². The Morgan fingerprint density at radius 1 is 1.33 bits per heavy atom. The quantitative estimate of drug-likeness (QED) is 0.683. The lowest BCUT2D eigenvalue weighted by molar-refractivity contribution is 0.254. The second-order valence-corrected chi connectivity index (χ2v) is 4.58. The molecule has 0 amide bonds. The van der Waals surface area contributed by atoms with Crippen LogP contribution in [-0.2, 0) is 0 Å². The number of rotatable bonds is 3. The Morgan fingerprint density at radius 3 is 2.58 bits per heavy atom. The third-order valence-corrected chi connectivity index (χ3v) is 3.31. The molecule has 1 aliphatic carbocycles. The predicted octanol–water partition coefficient (Wildman–Crippen LogP) is 1.07. The van der Waals surface area contributed by atoms with E-state index in [1.807, 2.05) is 0 Å². The number of likely N-dealkylation sites (tertiary alicyclic amines) is 1. The molecule has 2 atom stereocenters. The van der Waals surface area contributed by atoms with Crippen LogP contribution in [0.2, 0.25) is 0 Å². The molecule has 12 heavy (non-hydrogen) atoms. The van der Waals surface area contributed by atoms with Gasteiger partial charge in [-0.1, -0.05) is 0 Å². The van der Waals surface area contributed by atoms with Crippen LogP contribution < -0.4 is 5.73 Å². The maximum Gasteiger partial charge on any atom is 0.00707 e. The van der Waals surface area contributed by atoms with E-state index < -0.39 is 0 Å². The maximum atomic E-state index is 5.68. The molecule has 0 aromatic carbocycles. The van der Waals surface area contributed by atoms with Gasteiger partial charge in [-0.3, -0.25) is 0 Å². The van der Waals surface area contributed by atoms with Crippen molar-refractivity contribution >= 4 is 0 Å². The molecule has 2 nitrogen and oxygen atoms in total. The molecule has 0 radical (unpaired) electrons. The predicted molar refractivity (Wildman–Crippen MR) is 50.9 cm³/mol. The van der Waals surface area contributed by atoms with Gasteiger partial charge in [-0.25, -0.2) is 0 Å². The first kappa shape index (κ1) is 8.52. The zero-order chi connectivity index (χ0) is 8.55. The molecule has 2 N–H and O–H groups in total. The molecule has 2 rings (SSSR count). The van der Waals surface area contributed by atoms with Crippen LogP contribution in [-0.4, -0.2) is 30.6 Å². The average molecular weight is 168 g/mol. The van der Waals surface area contributed by atoms with Crippen LogP contribution in [0.15, 0.2) is 0 Å². The number of hydrogen-bond acceptors (Lipinski definition) is 2. The Morgan fingerprint density at radius 2 is 2.08 bits per heavy atom. The minimum Gasteiger partial charge on any atom is -0.330 e. The van der Waals surface area contributed by atoms with Crippen LogP contribution >= 0.6 is 0 Å². The van der Waals surface area contributed by atoms with E-state index in [2.05, 4.69) is 11.8 Å². The van der Waals surface area contributed by atoms with Crippen molar-refractivity contribution in [1.82, 2.24) is 4.90 Å². The van der Waals surface area contributed by atoms with E-state index in [1.54, 1.807) is 0 Å². The minimum absolute atomic E-state index is 0.777. The van der Waals surface area contributed by atoms with Crippen LogP contribution in [0.4, 0.5) is 0 Å². The third kappa shape index (κ3) is 1.80. The largest absolute Gasteiger partial charge is 0.330 e. The molecule has 0 aromatic rings. The van der Waals surface area contributed by atoms with Gasteiger partial charge in [0.2, 0.25) is 0 Å². The Balaban J connectivity index is 1.80. The smallest absolute Gasteiger partial charge is 0.00707 e. The normalized spacial score (nSPS) is 37.5. The van der Waals surface area contributed by atoms with Crippen molar-refractivity contribution in [2.75, 3.05) is 19.6 Å². The van der Waals surface area contributed by atoms with Crippen LogP contribution in [0.5, 0.6) is 0 Å². The van der Waals surface area contributed by atoms with E-state index in [9.17, 15) is 0 Å². The first-order valence-electron chi connectivity index (χ1n) is 5.23. The average Bonchev–Trinajstić information content (AvgIpc) is 2.78. The highest BCUT2D eigenvalue weighted by atomic mass is 15.2. The molecule has 2 aliphatic rings. The second-order valence-electron chi connectivity index (χ2n) is 4.58. The monoisotopic (exact) mass is 168 g/mol. The maximum absolute atomic E-state index is 5.68. The highest BCUT2D eigenvalue weighted by molar-refractivity contribution is 4.87. The van der Waals surface area contributed by atoms with Crippen LogP contribution in [0.3, 0.4) is 0 Å². The highest BCUT2D eigenvalue weighted by Crippen LogP contribution is 2.33. The summed E-state index contributed by atoms with van der Waals surface area (Å²) < 4.78 is 0. The first-order valence-corrected chi connectivity index (χ1v) is 5.23. The van der Waals surface area contributed by atoms with Crippen molar-refractivity contribution in [1.29, 1.82) is 0 Å². The molecule has 0 spiro atoms. The van der Waals surface area contributed by atoms with Crippen molar-refractivity contribution in [2.45, 2.75) is 32.2 Å². The zero-order valence-electron chi connectivity index (χ0n) is 8.00. The molecule has 2 unspecified atom stereocenters. The SMILES string of the molecule is CC1CC(CN)CN1CC1CC1. The van der Waals surface area contributed by atoms with Gasteiger partial charge in [0.25, 0.3) is 0 Å². The number of nitrogens with two attached hydrogens (primary N) is 1. The number of nitrogens with zero attached hydrogens (tertiary/aromatic N) is 1. The van der Waals surface area contributed by atoms with E-state index in [-0.39, 0.29) is 0 Å². The van der Waals surface area contributed by atoms with Gasteiger partial charge in [-0.05, 0) is 44.6 Å². The lowest BCUT2D eigenvalue weighted by Crippen LogP contribution is -2.29. The van der Waals surface area contributed by atoms with E-state index in [4.69, 9.17) is 5.73 Å². The summed E-state index contributed by atoms with van der Waals surface area (Å²) >= 11 is 0. The fourth-order valence-electron chi connectivity index (χ4n) is 2.27. The molecule has 0 aromatic heterocycles. The third-order valence-electron chi connectivity index (χ3n) is 3.31. The number of hydrogen-bond donors (Lipinski definition) is 1. The molecule has 2 fully saturated rings. The van der Waals surface area contributed by atoms with Crippen molar-refractivity contribution in [2.24, 2.45) is 17.6 Å². The second kappa shape index (κ2) is 3.35. The topological polar surface area (TPSA) is 29.3 Å². The van der Waals surface area contributed by atoms with E-state index in [1.165, 1.54) is 32.4 Å². The van der Waals surface area contributed by atoms with Crippen molar-refractivity contribution in [3.05, 3.63) is 0 Å². The molecule has 1 heterocycles. The summed E-state index contributed by atoms with van der Waals surface area (Å²) in [5.41, 5.74) is 5.68. The molecule has 1 saturated heterocycles. The molecule has 70 valence electrons. The summed E-state index contributed by atoms with van der Waals surface area (Å²) in [6.45, 7) is 5.83. The van der Waals surface area contributed by atoms with Crippen LogP contribution in [0, 0.1) is 11.8 Å². The Bertz CT molecular complexity index is 154. The van der Waals surface area contributed by atoms with Gasteiger partial charge in [-0.2, -0.15) is 0 Å². The van der Waals surface area contributed by atoms with Gasteiger partial charge in [0.1, 0.15) is 0 Å². The van der Waals surface area contributed by atoms with Gasteiger partial charge in [0.05, 0.1) is 0 Å². The van der Waals surface area contributed by atoms with Gasteiger partial charge in [0.15, 0.2) is 0 Å². The van der Waals surface area contributed by atoms with Gasteiger partial charge < -0.3 is 10.6 Å². The minimum atomic E-state index is 0.777. The fourth-order valence-corrected chi connectivity index (χ4v) is 2.27. The Hall–Kier alpha value is -0.0800. The molecule has 0 bridgehead atoms. The van der Waals surface area contributed by atoms with E-state index in [0.717, 1.165) is 24.4 Å². The van der Waals surface area contributed by atoms with Gasteiger partial charge in [-0.15, -0.1) is 0 Å². The lowest BCUT2D eigenvalue weighted by Gasteiger charge is -2.20. The first-order chi connectivity index (χ1) is 5.79. The Labute approximate surface area is 75.1 Å². The molecular weight excluding hydrogens is 148 g/mol. The van der Waals surface area contributed by atoms with Crippen LogP contribution in [0.25, 0.3) is 0 Å². The summed E-state index contributed by atoms with van der Waals surface area (Å²) in [6.07, 6.45) is 4.26. The summed E-state index contributed by atoms with van der Waals surface area (Å²) in [6, 6.07) is 0.791. The summed E-state index contributed by atoms with van der Waals surface area (Å²) in [4.78, 5) is 2.63. The van der Waals surface area contributed by atoms with E-state index >= 15 is 0 Å². The molecule has 1 saturated carbocycles. The summed E-state index contributed by atoms with van der Waals surface area (Å²) in [7, 11) is 0. The fraction of sp³-hybridized carbons (Fsp3) is 1.00.